The van der Waals surface area contributed by atoms with Gasteiger partial charge < -0.3 is 10.2 Å². The molecule has 0 bridgehead atoms. The predicted molar refractivity (Wildman–Crippen MR) is 152 cm³/mol. The first-order valence-corrected chi connectivity index (χ1v) is 14.3. The van der Waals surface area contributed by atoms with E-state index in [0.717, 1.165) is 26.6 Å². The number of carbonyl (C=O) groups excluding carboxylic acids is 2. The van der Waals surface area contributed by atoms with Gasteiger partial charge in [0.2, 0.25) is 11.8 Å². The van der Waals surface area contributed by atoms with Crippen molar-refractivity contribution in [3.8, 4) is 0 Å². The summed E-state index contributed by atoms with van der Waals surface area (Å²) in [6.45, 7) is 9.41. The van der Waals surface area contributed by atoms with Crippen LogP contribution in [0.25, 0.3) is 0 Å². The molecule has 8 heteroatoms. The van der Waals surface area contributed by atoms with E-state index in [1.165, 1.54) is 4.90 Å². The van der Waals surface area contributed by atoms with Crippen molar-refractivity contribution in [1.29, 1.82) is 0 Å². The highest BCUT2D eigenvalue weighted by Crippen LogP contribution is 2.26. The number of amides is 2. The number of rotatable bonds is 11. The molecule has 0 unspecified atom stereocenters. The number of sulfonamides is 1. The maximum atomic E-state index is 13.9. The molecular weight excluding hydrogens is 498 g/mol. The van der Waals surface area contributed by atoms with Crippen LogP contribution in [0, 0.1) is 20.8 Å². The number of carbonyl (C=O) groups is 2. The third-order valence-corrected chi connectivity index (χ3v) is 8.17. The molecule has 0 heterocycles. The van der Waals surface area contributed by atoms with E-state index in [0.29, 0.717) is 18.7 Å². The molecule has 0 saturated carbocycles. The summed E-state index contributed by atoms with van der Waals surface area (Å²) in [5, 5.41) is 2.78. The highest BCUT2D eigenvalue weighted by Gasteiger charge is 2.32. The molecular formula is C30H37N3O4S. The topological polar surface area (TPSA) is 86.8 Å². The first-order valence-electron chi connectivity index (χ1n) is 12.8. The van der Waals surface area contributed by atoms with Gasteiger partial charge in [0.15, 0.2) is 0 Å². The van der Waals surface area contributed by atoms with Crippen molar-refractivity contribution in [1.82, 2.24) is 10.2 Å². The molecule has 3 aromatic carbocycles. The average molecular weight is 536 g/mol. The molecule has 0 aromatic heterocycles. The Morgan fingerprint density at radius 2 is 1.47 bits per heavy atom. The SMILES string of the molecule is CCNC(=O)[C@H](C)N(CCc1ccccc1)C(=O)CN(c1cc(C)cc(C)c1)S(=O)(=O)c1ccc(C)cc1. The van der Waals surface area contributed by atoms with E-state index in [-0.39, 0.29) is 17.3 Å². The van der Waals surface area contributed by atoms with Crippen molar-refractivity contribution in [2.24, 2.45) is 0 Å². The van der Waals surface area contributed by atoms with Crippen LogP contribution < -0.4 is 9.62 Å². The fraction of sp³-hybridized carbons (Fsp3) is 0.333. The normalized spacial score (nSPS) is 12.0. The minimum atomic E-state index is -4.07. The fourth-order valence-electron chi connectivity index (χ4n) is 4.35. The highest BCUT2D eigenvalue weighted by molar-refractivity contribution is 7.92. The van der Waals surface area contributed by atoms with Gasteiger partial charge in [-0.2, -0.15) is 0 Å². The van der Waals surface area contributed by atoms with Crippen LogP contribution in [0.1, 0.15) is 36.1 Å². The molecule has 0 saturated heterocycles. The summed E-state index contributed by atoms with van der Waals surface area (Å²) >= 11 is 0. The van der Waals surface area contributed by atoms with Gasteiger partial charge in [0.1, 0.15) is 12.6 Å². The summed E-state index contributed by atoms with van der Waals surface area (Å²) < 4.78 is 28.9. The molecule has 38 heavy (non-hydrogen) atoms. The van der Waals surface area contributed by atoms with Crippen molar-refractivity contribution in [3.63, 3.8) is 0 Å². The minimum absolute atomic E-state index is 0.0997. The van der Waals surface area contributed by atoms with Gasteiger partial charge in [0, 0.05) is 13.1 Å². The Kier molecular flexibility index (Phi) is 9.69. The smallest absolute Gasteiger partial charge is 0.264 e. The summed E-state index contributed by atoms with van der Waals surface area (Å²) in [6.07, 6.45) is 0.532. The van der Waals surface area contributed by atoms with E-state index in [2.05, 4.69) is 5.32 Å². The second-order valence-corrected chi connectivity index (χ2v) is 11.4. The second-order valence-electron chi connectivity index (χ2n) is 9.56. The number of benzene rings is 3. The van der Waals surface area contributed by atoms with E-state index in [9.17, 15) is 18.0 Å². The van der Waals surface area contributed by atoms with Gasteiger partial charge >= 0.3 is 0 Å². The van der Waals surface area contributed by atoms with Crippen molar-refractivity contribution in [2.75, 3.05) is 23.9 Å². The van der Waals surface area contributed by atoms with E-state index in [1.807, 2.05) is 64.1 Å². The molecule has 0 fully saturated rings. The molecule has 0 radical (unpaired) electrons. The van der Waals surface area contributed by atoms with Crippen molar-refractivity contribution in [2.45, 2.75) is 52.0 Å². The standard InChI is InChI=1S/C30H37N3O4S/c1-6-31-30(35)25(5)32(17-16-26-10-8-7-9-11-26)29(34)21-33(27-19-23(3)18-24(4)20-27)38(36,37)28-14-12-22(2)13-15-28/h7-15,18-20,25H,6,16-17,21H2,1-5H3,(H,31,35)/t25-/m0/s1. The van der Waals surface area contributed by atoms with Gasteiger partial charge in [-0.15, -0.1) is 0 Å². The molecule has 1 atom stereocenters. The van der Waals surface area contributed by atoms with Gasteiger partial charge in [-0.1, -0.05) is 54.1 Å². The average Bonchev–Trinajstić information content (AvgIpc) is 2.87. The van der Waals surface area contributed by atoms with Crippen LogP contribution >= 0.6 is 0 Å². The highest BCUT2D eigenvalue weighted by atomic mass is 32.2. The number of nitrogens with zero attached hydrogens (tertiary/aromatic N) is 2. The Hall–Kier alpha value is -3.65. The lowest BCUT2D eigenvalue weighted by molar-refractivity contribution is -0.138. The van der Waals surface area contributed by atoms with E-state index >= 15 is 0 Å². The molecule has 3 rings (SSSR count). The Balaban J connectivity index is 2.01. The van der Waals surface area contributed by atoms with Crippen molar-refractivity contribution in [3.05, 3.63) is 95.1 Å². The van der Waals surface area contributed by atoms with E-state index in [1.54, 1.807) is 43.3 Å². The van der Waals surface area contributed by atoms with Gasteiger partial charge in [-0.05, 0) is 82.0 Å². The number of hydrogen-bond acceptors (Lipinski definition) is 4. The summed E-state index contributed by atoms with van der Waals surface area (Å²) in [7, 11) is -4.07. The van der Waals surface area contributed by atoms with Crippen LogP contribution in [0.5, 0.6) is 0 Å². The predicted octanol–water partition coefficient (Wildman–Crippen LogP) is 4.40. The monoisotopic (exact) mass is 535 g/mol. The first kappa shape index (κ1) is 28.9. The minimum Gasteiger partial charge on any atom is -0.355 e. The molecule has 202 valence electrons. The van der Waals surface area contributed by atoms with Crippen molar-refractivity contribution >= 4 is 27.5 Å². The van der Waals surface area contributed by atoms with E-state index < -0.39 is 28.5 Å². The Morgan fingerprint density at radius 1 is 0.868 bits per heavy atom. The lowest BCUT2D eigenvalue weighted by Crippen LogP contribution is -2.52. The third-order valence-electron chi connectivity index (χ3n) is 6.38. The van der Waals surface area contributed by atoms with Crippen LogP contribution in [-0.4, -0.2) is 50.8 Å². The number of anilines is 1. The quantitative estimate of drug-likeness (QED) is 0.394. The number of hydrogen-bond donors (Lipinski definition) is 1. The van der Waals surface area contributed by atoms with E-state index in [4.69, 9.17) is 0 Å². The Morgan fingerprint density at radius 3 is 2.05 bits per heavy atom. The van der Waals surface area contributed by atoms with Gasteiger partial charge in [0.05, 0.1) is 10.6 Å². The molecule has 3 aromatic rings. The van der Waals surface area contributed by atoms with Crippen LogP contribution in [0.3, 0.4) is 0 Å². The van der Waals surface area contributed by atoms with Gasteiger partial charge in [0.25, 0.3) is 10.0 Å². The van der Waals surface area contributed by atoms with Crippen LogP contribution in [0.2, 0.25) is 0 Å². The number of nitrogens with one attached hydrogen (secondary N) is 1. The lowest BCUT2D eigenvalue weighted by Gasteiger charge is -2.32. The number of aryl methyl sites for hydroxylation is 3. The first-order chi connectivity index (χ1) is 18.0. The summed E-state index contributed by atoms with van der Waals surface area (Å²) in [6, 6.07) is 20.9. The maximum Gasteiger partial charge on any atom is 0.264 e. The fourth-order valence-corrected chi connectivity index (χ4v) is 5.75. The third kappa shape index (κ3) is 7.22. The number of likely N-dealkylation sites (N-methyl/N-ethyl adjacent to an activating group) is 1. The maximum absolute atomic E-state index is 13.9. The van der Waals surface area contributed by atoms with Crippen molar-refractivity contribution < 1.29 is 18.0 Å². The molecule has 0 spiro atoms. The zero-order valence-electron chi connectivity index (χ0n) is 22.8. The lowest BCUT2D eigenvalue weighted by atomic mass is 10.1. The zero-order chi connectivity index (χ0) is 27.9. The van der Waals surface area contributed by atoms with Gasteiger partial charge in [-0.25, -0.2) is 8.42 Å². The molecule has 7 nitrogen and oxygen atoms in total. The molecule has 0 aliphatic carbocycles. The Bertz CT molecular complexity index is 1340. The molecule has 0 aliphatic rings. The largest absolute Gasteiger partial charge is 0.355 e. The molecule has 2 amide bonds. The Labute approximate surface area is 226 Å². The molecule has 0 aliphatic heterocycles. The van der Waals surface area contributed by atoms with Crippen LogP contribution in [-0.2, 0) is 26.0 Å². The molecule has 1 N–H and O–H groups in total. The summed E-state index contributed by atoms with van der Waals surface area (Å²) in [5.41, 5.74) is 4.12. The zero-order valence-corrected chi connectivity index (χ0v) is 23.6. The summed E-state index contributed by atoms with van der Waals surface area (Å²) in [5.74, 6) is -0.734. The van der Waals surface area contributed by atoms with Crippen LogP contribution in [0.4, 0.5) is 5.69 Å². The summed E-state index contributed by atoms with van der Waals surface area (Å²) in [4.78, 5) is 28.2. The second kappa shape index (κ2) is 12.7. The van der Waals surface area contributed by atoms with Gasteiger partial charge in [-0.3, -0.25) is 13.9 Å². The van der Waals surface area contributed by atoms with Crippen LogP contribution in [0.15, 0.2) is 77.7 Å².